The summed E-state index contributed by atoms with van der Waals surface area (Å²) in [6.07, 6.45) is 0.429. The van der Waals surface area contributed by atoms with Crippen LogP contribution in [0.2, 0.25) is 5.02 Å². The Labute approximate surface area is 107 Å². The van der Waals surface area contributed by atoms with Crippen LogP contribution < -0.4 is 5.32 Å². The number of amides is 1. The van der Waals surface area contributed by atoms with Gasteiger partial charge in [0.25, 0.3) is 5.91 Å². The molecule has 0 radical (unpaired) electrons. The Balaban J connectivity index is 2.10. The number of benzene rings is 1. The second-order valence-corrected chi connectivity index (χ2v) is 5.43. The number of anilines is 1. The van der Waals surface area contributed by atoms with Gasteiger partial charge in [-0.1, -0.05) is 11.6 Å². The molecule has 1 saturated heterocycles. The summed E-state index contributed by atoms with van der Waals surface area (Å²) in [6.45, 7) is 0. The summed E-state index contributed by atoms with van der Waals surface area (Å²) in [5, 5.41) is 12.5. The zero-order chi connectivity index (χ0) is 12.5. The molecule has 1 fully saturated rings. The van der Waals surface area contributed by atoms with Gasteiger partial charge in [-0.25, -0.2) is 4.39 Å². The minimum absolute atomic E-state index is 0.0596. The Morgan fingerprint density at radius 1 is 1.59 bits per heavy atom. The molecule has 1 atom stereocenters. The van der Waals surface area contributed by atoms with Crippen molar-refractivity contribution in [3.05, 3.63) is 29.0 Å². The molecule has 0 bridgehead atoms. The minimum Gasteiger partial charge on any atom is -0.379 e. The average molecular weight is 276 g/mol. The molecule has 2 rings (SSSR count). The Hall–Kier alpha value is -0.780. The zero-order valence-corrected chi connectivity index (χ0v) is 10.4. The van der Waals surface area contributed by atoms with E-state index < -0.39 is 17.3 Å². The van der Waals surface area contributed by atoms with Gasteiger partial charge >= 0.3 is 0 Å². The van der Waals surface area contributed by atoms with Crippen molar-refractivity contribution < 1.29 is 14.3 Å². The highest BCUT2D eigenvalue weighted by molar-refractivity contribution is 7.99. The molecule has 0 saturated carbocycles. The molecular weight excluding hydrogens is 265 g/mol. The second kappa shape index (κ2) is 4.84. The van der Waals surface area contributed by atoms with Crippen LogP contribution in [-0.4, -0.2) is 28.1 Å². The van der Waals surface area contributed by atoms with Crippen molar-refractivity contribution in [3.8, 4) is 0 Å². The Morgan fingerprint density at radius 3 is 2.94 bits per heavy atom. The van der Waals surface area contributed by atoms with E-state index in [1.807, 2.05) is 0 Å². The highest BCUT2D eigenvalue weighted by atomic mass is 35.5. The molecule has 1 heterocycles. The molecule has 1 amide bonds. The molecule has 6 heteroatoms. The van der Waals surface area contributed by atoms with Crippen molar-refractivity contribution >= 4 is 35.0 Å². The topological polar surface area (TPSA) is 49.3 Å². The third-order valence-corrected chi connectivity index (χ3v) is 4.07. The fraction of sp³-hybridized carbons (Fsp3) is 0.364. The van der Waals surface area contributed by atoms with Gasteiger partial charge in [-0.3, -0.25) is 4.79 Å². The summed E-state index contributed by atoms with van der Waals surface area (Å²) < 4.78 is 12.9. The van der Waals surface area contributed by atoms with Gasteiger partial charge in [0.15, 0.2) is 5.60 Å². The summed E-state index contributed by atoms with van der Waals surface area (Å²) in [4.78, 5) is 11.8. The molecule has 3 nitrogen and oxygen atoms in total. The number of hydrogen-bond acceptors (Lipinski definition) is 3. The second-order valence-electron chi connectivity index (χ2n) is 3.92. The molecule has 92 valence electrons. The molecule has 1 unspecified atom stereocenters. The molecule has 1 aliphatic heterocycles. The first kappa shape index (κ1) is 12.7. The van der Waals surface area contributed by atoms with Crippen LogP contribution in [0.3, 0.4) is 0 Å². The number of hydrogen-bond donors (Lipinski definition) is 2. The Bertz CT molecular complexity index is 449. The van der Waals surface area contributed by atoms with Crippen molar-refractivity contribution in [2.45, 2.75) is 12.0 Å². The van der Waals surface area contributed by atoms with E-state index in [1.165, 1.54) is 30.0 Å². The van der Waals surface area contributed by atoms with Gasteiger partial charge in [-0.15, -0.1) is 0 Å². The van der Waals surface area contributed by atoms with E-state index in [0.29, 0.717) is 17.9 Å². The van der Waals surface area contributed by atoms with Gasteiger partial charge in [0.2, 0.25) is 0 Å². The molecule has 1 aromatic rings. The van der Waals surface area contributed by atoms with E-state index in [2.05, 4.69) is 5.32 Å². The van der Waals surface area contributed by atoms with Crippen LogP contribution in [0.5, 0.6) is 0 Å². The highest BCUT2D eigenvalue weighted by Crippen LogP contribution is 2.29. The minimum atomic E-state index is -1.33. The van der Waals surface area contributed by atoms with E-state index in [9.17, 15) is 14.3 Å². The van der Waals surface area contributed by atoms with Crippen molar-refractivity contribution in [3.63, 3.8) is 0 Å². The zero-order valence-electron chi connectivity index (χ0n) is 8.87. The molecule has 1 aromatic carbocycles. The number of carbonyl (C=O) groups is 1. The predicted molar refractivity (Wildman–Crippen MR) is 66.9 cm³/mol. The maximum absolute atomic E-state index is 12.9. The number of carbonyl (C=O) groups excluding carboxylic acids is 1. The van der Waals surface area contributed by atoms with Crippen molar-refractivity contribution in [2.75, 3.05) is 16.8 Å². The van der Waals surface area contributed by atoms with Gasteiger partial charge in [0.1, 0.15) is 5.82 Å². The monoisotopic (exact) mass is 275 g/mol. The Morgan fingerprint density at radius 2 is 2.35 bits per heavy atom. The van der Waals surface area contributed by atoms with E-state index in [4.69, 9.17) is 11.6 Å². The number of aliphatic hydroxyl groups is 1. The van der Waals surface area contributed by atoms with E-state index >= 15 is 0 Å². The van der Waals surface area contributed by atoms with Crippen molar-refractivity contribution in [2.24, 2.45) is 0 Å². The average Bonchev–Trinajstić information content (AvgIpc) is 2.72. The first-order valence-corrected chi connectivity index (χ1v) is 6.61. The molecule has 0 aromatic heterocycles. The van der Waals surface area contributed by atoms with E-state index in [-0.39, 0.29) is 5.02 Å². The van der Waals surface area contributed by atoms with Gasteiger partial charge in [-0.2, -0.15) is 11.8 Å². The van der Waals surface area contributed by atoms with Gasteiger partial charge in [-0.05, 0) is 30.4 Å². The SMILES string of the molecule is O=C(Nc1ccc(F)c(Cl)c1)C1(O)CCSC1. The number of halogens is 2. The van der Waals surface area contributed by atoms with Gasteiger partial charge in [0.05, 0.1) is 5.02 Å². The smallest absolute Gasteiger partial charge is 0.257 e. The fourth-order valence-corrected chi connectivity index (χ4v) is 2.97. The predicted octanol–water partition coefficient (Wildman–Crippen LogP) is 2.29. The molecule has 17 heavy (non-hydrogen) atoms. The maximum Gasteiger partial charge on any atom is 0.257 e. The lowest BCUT2D eigenvalue weighted by atomic mass is 10.0. The summed E-state index contributed by atoms with van der Waals surface area (Å²) in [7, 11) is 0. The van der Waals surface area contributed by atoms with Crippen LogP contribution in [0.1, 0.15) is 6.42 Å². The summed E-state index contributed by atoms with van der Waals surface area (Å²) in [6, 6.07) is 3.90. The molecule has 2 N–H and O–H groups in total. The van der Waals surface area contributed by atoms with Crippen LogP contribution in [0, 0.1) is 5.82 Å². The maximum atomic E-state index is 12.9. The van der Waals surface area contributed by atoms with Crippen LogP contribution in [0.25, 0.3) is 0 Å². The van der Waals surface area contributed by atoms with Crippen LogP contribution in [0.15, 0.2) is 18.2 Å². The summed E-state index contributed by atoms with van der Waals surface area (Å²) in [5.41, 5.74) is -0.947. The van der Waals surface area contributed by atoms with Crippen LogP contribution >= 0.6 is 23.4 Å². The lowest BCUT2D eigenvalue weighted by Gasteiger charge is -2.20. The largest absolute Gasteiger partial charge is 0.379 e. The van der Waals surface area contributed by atoms with E-state index in [0.717, 1.165) is 5.75 Å². The lowest BCUT2D eigenvalue weighted by Crippen LogP contribution is -2.42. The third-order valence-electron chi connectivity index (χ3n) is 2.60. The van der Waals surface area contributed by atoms with Gasteiger partial charge < -0.3 is 10.4 Å². The quantitative estimate of drug-likeness (QED) is 0.871. The standard InChI is InChI=1S/C11H11ClFNO2S/c12-8-5-7(1-2-9(8)13)14-10(15)11(16)3-4-17-6-11/h1-2,5,16H,3-4,6H2,(H,14,15). The first-order valence-electron chi connectivity index (χ1n) is 5.08. The first-order chi connectivity index (χ1) is 8.01. The lowest BCUT2D eigenvalue weighted by molar-refractivity contribution is -0.131. The normalized spacial score (nSPS) is 23.7. The third kappa shape index (κ3) is 2.73. The molecule has 0 aliphatic carbocycles. The van der Waals surface area contributed by atoms with Crippen LogP contribution in [0.4, 0.5) is 10.1 Å². The highest BCUT2D eigenvalue weighted by Gasteiger charge is 2.39. The summed E-state index contributed by atoms with van der Waals surface area (Å²) >= 11 is 7.13. The Kier molecular flexibility index (Phi) is 3.61. The van der Waals surface area contributed by atoms with Crippen molar-refractivity contribution in [1.82, 2.24) is 0 Å². The number of nitrogens with one attached hydrogen (secondary N) is 1. The molecule has 1 aliphatic rings. The fourth-order valence-electron chi connectivity index (χ4n) is 1.55. The molecule has 0 spiro atoms. The summed E-state index contributed by atoms with van der Waals surface area (Å²) in [5.74, 6) is 0.131. The molecular formula is C11H11ClFNO2S. The van der Waals surface area contributed by atoms with Crippen molar-refractivity contribution in [1.29, 1.82) is 0 Å². The van der Waals surface area contributed by atoms with Gasteiger partial charge in [0, 0.05) is 11.4 Å². The van der Waals surface area contributed by atoms with E-state index in [1.54, 1.807) is 0 Å². The number of rotatable bonds is 2. The number of thioether (sulfide) groups is 1. The van der Waals surface area contributed by atoms with Crippen LogP contribution in [-0.2, 0) is 4.79 Å².